The Labute approximate surface area is 113 Å². The molecule has 3 atom stereocenters. The summed E-state index contributed by atoms with van der Waals surface area (Å²) in [5, 5.41) is 19.2. The lowest BCUT2D eigenvalue weighted by molar-refractivity contribution is -0.153. The third-order valence-corrected chi connectivity index (χ3v) is 3.94. The van der Waals surface area contributed by atoms with E-state index < -0.39 is 18.0 Å². The summed E-state index contributed by atoms with van der Waals surface area (Å²) in [6.45, 7) is 3.48. The molecule has 0 radical (unpaired) electrons. The van der Waals surface area contributed by atoms with Crippen LogP contribution in [-0.2, 0) is 11.3 Å². The predicted octanol–water partition coefficient (Wildman–Crippen LogP) is 1.73. The van der Waals surface area contributed by atoms with Gasteiger partial charge in [0.2, 0.25) is 0 Å². The quantitative estimate of drug-likeness (QED) is 0.868. The van der Waals surface area contributed by atoms with Crippen LogP contribution in [0.15, 0.2) is 30.3 Å². The van der Waals surface area contributed by atoms with E-state index in [1.54, 1.807) is 0 Å². The van der Waals surface area contributed by atoms with Crippen LogP contribution in [0.3, 0.4) is 0 Å². The Morgan fingerprint density at radius 1 is 1.37 bits per heavy atom. The summed E-state index contributed by atoms with van der Waals surface area (Å²) in [4.78, 5) is 13.5. The molecular formula is C15H21NO3. The first-order chi connectivity index (χ1) is 9.13. The molecule has 4 nitrogen and oxygen atoms in total. The van der Waals surface area contributed by atoms with Crippen molar-refractivity contribution in [3.8, 4) is 0 Å². The maximum Gasteiger partial charge on any atom is 0.310 e. The van der Waals surface area contributed by atoms with Crippen molar-refractivity contribution in [2.45, 2.75) is 38.5 Å². The van der Waals surface area contributed by atoms with Gasteiger partial charge in [-0.05, 0) is 18.4 Å². The standard InChI is InChI=1S/C15H21NO3/c1-2-12-14(15(18)19)13(17)8-9-16(12)10-11-6-4-3-5-7-11/h3-7,12-14,17H,2,8-10H2,1H3,(H,18,19). The fourth-order valence-corrected chi connectivity index (χ4v) is 2.98. The van der Waals surface area contributed by atoms with Crippen molar-refractivity contribution < 1.29 is 15.0 Å². The molecule has 3 unspecified atom stereocenters. The van der Waals surface area contributed by atoms with Gasteiger partial charge in [0, 0.05) is 19.1 Å². The Morgan fingerprint density at radius 2 is 2.05 bits per heavy atom. The number of rotatable bonds is 4. The molecule has 1 aromatic carbocycles. The molecule has 2 N–H and O–H groups in total. The van der Waals surface area contributed by atoms with Crippen LogP contribution in [0, 0.1) is 5.92 Å². The monoisotopic (exact) mass is 263 g/mol. The molecule has 1 aliphatic rings. The molecule has 0 spiro atoms. The minimum absolute atomic E-state index is 0.0959. The number of carbonyl (C=O) groups is 1. The lowest BCUT2D eigenvalue weighted by Gasteiger charge is -2.41. The molecule has 19 heavy (non-hydrogen) atoms. The summed E-state index contributed by atoms with van der Waals surface area (Å²) in [5.41, 5.74) is 1.18. The van der Waals surface area contributed by atoms with E-state index in [2.05, 4.69) is 4.90 Å². The Balaban J connectivity index is 2.14. The lowest BCUT2D eigenvalue weighted by atomic mass is 9.85. The number of likely N-dealkylation sites (tertiary alicyclic amines) is 1. The van der Waals surface area contributed by atoms with Crippen molar-refractivity contribution in [2.24, 2.45) is 5.92 Å². The predicted molar refractivity (Wildman–Crippen MR) is 72.7 cm³/mol. The largest absolute Gasteiger partial charge is 0.481 e. The summed E-state index contributed by atoms with van der Waals surface area (Å²) in [7, 11) is 0. The van der Waals surface area contributed by atoms with Crippen LogP contribution in [0.4, 0.5) is 0 Å². The second-order valence-corrected chi connectivity index (χ2v) is 5.15. The molecule has 1 aromatic rings. The van der Waals surface area contributed by atoms with E-state index >= 15 is 0 Å². The van der Waals surface area contributed by atoms with E-state index in [0.717, 1.165) is 19.5 Å². The molecule has 0 amide bonds. The third-order valence-electron chi connectivity index (χ3n) is 3.94. The number of piperidine rings is 1. The van der Waals surface area contributed by atoms with Crippen molar-refractivity contribution in [1.82, 2.24) is 4.90 Å². The molecule has 0 aliphatic carbocycles. The first-order valence-electron chi connectivity index (χ1n) is 6.82. The van der Waals surface area contributed by atoms with Crippen LogP contribution >= 0.6 is 0 Å². The second kappa shape index (κ2) is 6.17. The van der Waals surface area contributed by atoms with E-state index in [1.165, 1.54) is 5.56 Å². The summed E-state index contributed by atoms with van der Waals surface area (Å²) >= 11 is 0. The summed E-state index contributed by atoms with van der Waals surface area (Å²) in [6, 6.07) is 9.96. The zero-order valence-corrected chi connectivity index (χ0v) is 11.2. The number of aliphatic carboxylic acids is 1. The van der Waals surface area contributed by atoms with E-state index in [1.807, 2.05) is 37.3 Å². The molecule has 1 aliphatic heterocycles. The van der Waals surface area contributed by atoms with E-state index in [9.17, 15) is 15.0 Å². The van der Waals surface area contributed by atoms with Crippen LogP contribution in [0.2, 0.25) is 0 Å². The molecule has 0 saturated carbocycles. The fraction of sp³-hybridized carbons (Fsp3) is 0.533. The molecule has 0 aromatic heterocycles. The number of hydrogen-bond donors (Lipinski definition) is 2. The maximum atomic E-state index is 11.3. The number of aliphatic hydroxyl groups is 1. The lowest BCUT2D eigenvalue weighted by Crippen LogP contribution is -2.53. The normalized spacial score (nSPS) is 28.2. The second-order valence-electron chi connectivity index (χ2n) is 5.15. The minimum Gasteiger partial charge on any atom is -0.481 e. The average molecular weight is 263 g/mol. The van der Waals surface area contributed by atoms with E-state index in [-0.39, 0.29) is 6.04 Å². The van der Waals surface area contributed by atoms with E-state index in [4.69, 9.17) is 0 Å². The Hall–Kier alpha value is -1.39. The van der Waals surface area contributed by atoms with Crippen molar-refractivity contribution in [1.29, 1.82) is 0 Å². The van der Waals surface area contributed by atoms with Crippen LogP contribution in [0.1, 0.15) is 25.3 Å². The van der Waals surface area contributed by atoms with Gasteiger partial charge in [0.05, 0.1) is 12.0 Å². The van der Waals surface area contributed by atoms with Gasteiger partial charge in [-0.25, -0.2) is 0 Å². The van der Waals surface area contributed by atoms with Crippen molar-refractivity contribution in [2.75, 3.05) is 6.54 Å². The third kappa shape index (κ3) is 3.14. The average Bonchev–Trinajstić information content (AvgIpc) is 2.41. The summed E-state index contributed by atoms with van der Waals surface area (Å²) in [6.07, 6.45) is 0.538. The van der Waals surface area contributed by atoms with Gasteiger partial charge in [-0.1, -0.05) is 37.3 Å². The van der Waals surface area contributed by atoms with Crippen molar-refractivity contribution in [3.05, 3.63) is 35.9 Å². The molecule has 1 fully saturated rings. The molecule has 2 rings (SSSR count). The van der Waals surface area contributed by atoms with Crippen LogP contribution in [0.5, 0.6) is 0 Å². The number of nitrogens with zero attached hydrogens (tertiary/aromatic N) is 1. The molecule has 1 saturated heterocycles. The smallest absolute Gasteiger partial charge is 0.310 e. The highest BCUT2D eigenvalue weighted by atomic mass is 16.4. The number of carboxylic acid groups (broad SMARTS) is 1. The number of benzene rings is 1. The van der Waals surface area contributed by atoms with Gasteiger partial charge in [0.25, 0.3) is 0 Å². The first kappa shape index (κ1) is 14.0. The fourth-order valence-electron chi connectivity index (χ4n) is 2.98. The Morgan fingerprint density at radius 3 is 2.63 bits per heavy atom. The molecular weight excluding hydrogens is 242 g/mol. The highest BCUT2D eigenvalue weighted by molar-refractivity contribution is 5.71. The zero-order chi connectivity index (χ0) is 13.8. The van der Waals surface area contributed by atoms with Gasteiger partial charge in [0.15, 0.2) is 0 Å². The highest BCUT2D eigenvalue weighted by Crippen LogP contribution is 2.28. The maximum absolute atomic E-state index is 11.3. The summed E-state index contributed by atoms with van der Waals surface area (Å²) in [5.74, 6) is -1.57. The first-order valence-corrected chi connectivity index (χ1v) is 6.82. The van der Waals surface area contributed by atoms with Gasteiger partial charge < -0.3 is 10.2 Å². The summed E-state index contributed by atoms with van der Waals surface area (Å²) < 4.78 is 0. The number of hydrogen-bond acceptors (Lipinski definition) is 3. The van der Waals surface area contributed by atoms with Crippen molar-refractivity contribution in [3.63, 3.8) is 0 Å². The van der Waals surface area contributed by atoms with E-state index in [0.29, 0.717) is 6.42 Å². The van der Waals surface area contributed by atoms with Gasteiger partial charge in [-0.3, -0.25) is 9.69 Å². The zero-order valence-electron chi connectivity index (χ0n) is 11.2. The topological polar surface area (TPSA) is 60.8 Å². The van der Waals surface area contributed by atoms with Crippen molar-refractivity contribution >= 4 is 5.97 Å². The SMILES string of the molecule is CCC1C(C(=O)O)C(O)CCN1Cc1ccccc1. The van der Waals surface area contributed by atoms with Gasteiger partial charge in [0.1, 0.15) is 0 Å². The molecule has 1 heterocycles. The van der Waals surface area contributed by atoms with Crippen LogP contribution in [-0.4, -0.2) is 39.8 Å². The molecule has 104 valence electrons. The van der Waals surface area contributed by atoms with Crippen LogP contribution < -0.4 is 0 Å². The van der Waals surface area contributed by atoms with Gasteiger partial charge in [-0.15, -0.1) is 0 Å². The number of aliphatic hydroxyl groups excluding tert-OH is 1. The Bertz CT molecular complexity index is 421. The number of carboxylic acids is 1. The van der Waals surface area contributed by atoms with Crippen LogP contribution in [0.25, 0.3) is 0 Å². The molecule has 4 heteroatoms. The highest BCUT2D eigenvalue weighted by Gasteiger charge is 2.40. The Kier molecular flexibility index (Phi) is 4.56. The molecule has 0 bridgehead atoms. The minimum atomic E-state index is -0.892. The van der Waals surface area contributed by atoms with Gasteiger partial charge >= 0.3 is 5.97 Å². The van der Waals surface area contributed by atoms with Gasteiger partial charge in [-0.2, -0.15) is 0 Å².